The van der Waals surface area contributed by atoms with Crippen LogP contribution in [0.3, 0.4) is 0 Å². The van der Waals surface area contributed by atoms with Crippen LogP contribution in [-0.2, 0) is 0 Å². The van der Waals surface area contributed by atoms with Gasteiger partial charge in [0.15, 0.2) is 5.69 Å². The maximum Gasteiger partial charge on any atom is 0.197 e. The first-order chi connectivity index (χ1) is 22.6. The molecule has 0 atom stereocenters. The normalized spacial score (nSPS) is 13.6. The van der Waals surface area contributed by atoms with Crippen LogP contribution in [0.5, 0.6) is 0 Å². The molecular weight excluding hydrogens is 560 g/mol. The van der Waals surface area contributed by atoms with Gasteiger partial charge in [-0.2, -0.15) is 5.26 Å². The molecule has 8 rings (SSSR count). The minimum atomic E-state index is 0.264. The highest BCUT2D eigenvalue weighted by molar-refractivity contribution is 5.92. The lowest BCUT2D eigenvalue weighted by Crippen LogP contribution is -2.20. The zero-order valence-electron chi connectivity index (χ0n) is 25.6. The van der Waals surface area contributed by atoms with Gasteiger partial charge in [-0.1, -0.05) is 98.8 Å². The Kier molecular flexibility index (Phi) is 6.45. The third-order valence-corrected chi connectivity index (χ3v) is 9.61. The minimum absolute atomic E-state index is 0.264. The second-order valence-electron chi connectivity index (χ2n) is 12.0. The molecule has 0 spiro atoms. The highest BCUT2D eigenvalue weighted by Gasteiger charge is 2.30. The molecule has 4 heteroatoms. The van der Waals surface area contributed by atoms with Crippen LogP contribution in [0.25, 0.3) is 16.0 Å². The van der Waals surface area contributed by atoms with Crippen molar-refractivity contribution in [2.24, 2.45) is 0 Å². The van der Waals surface area contributed by atoms with Crippen molar-refractivity contribution in [2.45, 2.75) is 25.7 Å². The molecule has 0 aromatic heterocycles. The first-order valence-corrected chi connectivity index (χ1v) is 15.6. The summed E-state index contributed by atoms with van der Waals surface area (Å²) in [6.45, 7) is 12.7. The van der Waals surface area contributed by atoms with Gasteiger partial charge in [0.2, 0.25) is 0 Å². The number of anilines is 6. The second-order valence-corrected chi connectivity index (χ2v) is 12.0. The van der Waals surface area contributed by atoms with Gasteiger partial charge >= 0.3 is 0 Å². The van der Waals surface area contributed by atoms with Crippen molar-refractivity contribution >= 4 is 39.8 Å². The zero-order chi connectivity index (χ0) is 31.4. The van der Waals surface area contributed by atoms with Gasteiger partial charge in [-0.25, -0.2) is 4.85 Å². The molecule has 2 aliphatic heterocycles. The third kappa shape index (κ3) is 4.12. The van der Waals surface area contributed by atoms with Gasteiger partial charge in [0.25, 0.3) is 0 Å². The van der Waals surface area contributed by atoms with Gasteiger partial charge < -0.3 is 9.80 Å². The SMILES string of the molecule is [C-]#[N+]c1cc(N2c3ccccc3C(C)c3ccccc32)ccc1-c1ccc(N2c3ccccc3C(C)c3ccccc32)cc1C#N. The Balaban J connectivity index is 1.24. The molecule has 2 heterocycles. The van der Waals surface area contributed by atoms with Gasteiger partial charge in [-0.3, -0.25) is 0 Å². The minimum Gasteiger partial charge on any atom is -0.311 e. The second kappa shape index (κ2) is 10.8. The van der Waals surface area contributed by atoms with Crippen LogP contribution in [0.4, 0.5) is 39.8 Å². The van der Waals surface area contributed by atoms with E-state index in [1.807, 2.05) is 24.3 Å². The highest BCUT2D eigenvalue weighted by Crippen LogP contribution is 2.51. The van der Waals surface area contributed by atoms with E-state index in [-0.39, 0.29) is 11.8 Å². The summed E-state index contributed by atoms with van der Waals surface area (Å²) in [6, 6.07) is 48.4. The van der Waals surface area contributed by atoms with Crippen LogP contribution < -0.4 is 9.80 Å². The Hall–Kier alpha value is -6.10. The van der Waals surface area contributed by atoms with Crippen molar-refractivity contribution in [3.8, 4) is 17.2 Å². The number of fused-ring (bicyclic) bond motifs is 4. The molecule has 218 valence electrons. The van der Waals surface area contributed by atoms with Crippen LogP contribution in [0.15, 0.2) is 133 Å². The molecule has 4 nitrogen and oxygen atoms in total. The van der Waals surface area contributed by atoms with Gasteiger partial charge in [0, 0.05) is 46.0 Å². The number of nitriles is 1. The van der Waals surface area contributed by atoms with Crippen molar-refractivity contribution in [2.75, 3.05) is 9.80 Å². The van der Waals surface area contributed by atoms with E-state index in [1.54, 1.807) is 0 Å². The molecule has 2 aliphatic rings. The summed E-state index contributed by atoms with van der Waals surface area (Å²) >= 11 is 0. The van der Waals surface area contributed by atoms with Gasteiger partial charge in [-0.05, 0) is 81.9 Å². The Labute approximate surface area is 269 Å². The molecule has 0 N–H and O–H groups in total. The highest BCUT2D eigenvalue weighted by atomic mass is 15.2. The predicted molar refractivity (Wildman–Crippen MR) is 187 cm³/mol. The maximum absolute atomic E-state index is 10.4. The first-order valence-electron chi connectivity index (χ1n) is 15.6. The largest absolute Gasteiger partial charge is 0.311 e. The molecule has 0 fully saturated rings. The van der Waals surface area contributed by atoms with E-state index in [1.165, 1.54) is 22.3 Å². The van der Waals surface area contributed by atoms with Crippen molar-refractivity contribution in [3.63, 3.8) is 0 Å². The Morgan fingerprint density at radius 2 is 0.935 bits per heavy atom. The van der Waals surface area contributed by atoms with Gasteiger partial charge in [0.1, 0.15) is 0 Å². The van der Waals surface area contributed by atoms with Gasteiger partial charge in [0.05, 0.1) is 18.2 Å². The van der Waals surface area contributed by atoms with E-state index in [0.717, 1.165) is 45.3 Å². The number of benzene rings is 6. The summed E-state index contributed by atoms with van der Waals surface area (Å²) in [5.41, 5.74) is 13.9. The summed E-state index contributed by atoms with van der Waals surface area (Å²) in [4.78, 5) is 8.49. The van der Waals surface area contributed by atoms with Crippen LogP contribution in [0.1, 0.15) is 53.5 Å². The van der Waals surface area contributed by atoms with Gasteiger partial charge in [-0.15, -0.1) is 0 Å². The molecule has 0 saturated carbocycles. The van der Waals surface area contributed by atoms with E-state index in [2.05, 4.69) is 144 Å². The average molecular weight is 591 g/mol. The monoisotopic (exact) mass is 590 g/mol. The fraction of sp³-hybridized carbons (Fsp3) is 0.0952. The molecule has 0 amide bonds. The Bertz CT molecular complexity index is 2000. The molecule has 0 bridgehead atoms. The lowest BCUT2D eigenvalue weighted by molar-refractivity contribution is 0.892. The molecule has 6 aromatic carbocycles. The Morgan fingerprint density at radius 3 is 1.35 bits per heavy atom. The van der Waals surface area contributed by atoms with E-state index >= 15 is 0 Å². The summed E-state index contributed by atoms with van der Waals surface area (Å²) in [5.74, 6) is 0.530. The number of hydrogen-bond donors (Lipinski definition) is 0. The van der Waals surface area contributed by atoms with E-state index in [0.29, 0.717) is 11.3 Å². The van der Waals surface area contributed by atoms with E-state index in [9.17, 15) is 5.26 Å². The number of nitrogens with zero attached hydrogens (tertiary/aromatic N) is 4. The first kappa shape index (κ1) is 27.4. The molecule has 46 heavy (non-hydrogen) atoms. The van der Waals surface area contributed by atoms with Crippen molar-refractivity contribution in [1.82, 2.24) is 0 Å². The summed E-state index contributed by atoms with van der Waals surface area (Å²) < 4.78 is 0. The van der Waals surface area contributed by atoms with Crippen LogP contribution in [-0.4, -0.2) is 0 Å². The fourth-order valence-corrected chi connectivity index (χ4v) is 7.36. The molecule has 0 radical (unpaired) electrons. The number of hydrogen-bond acceptors (Lipinski definition) is 3. The van der Waals surface area contributed by atoms with Crippen LogP contribution in [0, 0.1) is 17.9 Å². The van der Waals surface area contributed by atoms with Crippen molar-refractivity contribution < 1.29 is 0 Å². The smallest absolute Gasteiger partial charge is 0.197 e. The molecule has 0 saturated heterocycles. The predicted octanol–water partition coefficient (Wildman–Crippen LogP) is 11.6. The fourth-order valence-electron chi connectivity index (χ4n) is 7.36. The third-order valence-electron chi connectivity index (χ3n) is 9.61. The van der Waals surface area contributed by atoms with Crippen LogP contribution >= 0.6 is 0 Å². The maximum atomic E-state index is 10.4. The summed E-state index contributed by atoms with van der Waals surface area (Å²) in [6.07, 6.45) is 0. The standard InChI is InChI=1S/C42H30N4/c1-27-32-12-4-8-16-39(32)45(40-17-9-5-13-33(27)40)30-20-22-36(29(24-30)26-43)37-23-21-31(25-38(37)44-3)46-41-18-10-6-14-34(41)28(2)35-15-7-11-19-42(35)46/h4-25,27-28H,1-2H3. The van der Waals surface area contributed by atoms with Crippen LogP contribution in [0.2, 0.25) is 0 Å². The average Bonchev–Trinajstić information content (AvgIpc) is 3.12. The van der Waals surface area contributed by atoms with Crippen molar-refractivity contribution in [3.05, 3.63) is 173 Å². The summed E-state index contributed by atoms with van der Waals surface area (Å²) in [5, 5.41) is 10.4. The Morgan fingerprint density at radius 1 is 0.543 bits per heavy atom. The molecular formula is C42H30N4. The lowest BCUT2D eigenvalue weighted by atomic mass is 9.85. The topological polar surface area (TPSA) is 34.6 Å². The molecule has 6 aromatic rings. The molecule has 0 aliphatic carbocycles. The lowest BCUT2D eigenvalue weighted by Gasteiger charge is -2.37. The van der Waals surface area contributed by atoms with E-state index < -0.39 is 0 Å². The summed E-state index contributed by atoms with van der Waals surface area (Å²) in [7, 11) is 0. The van der Waals surface area contributed by atoms with E-state index in [4.69, 9.17) is 6.57 Å². The van der Waals surface area contributed by atoms with Crippen molar-refractivity contribution in [1.29, 1.82) is 5.26 Å². The zero-order valence-corrected chi connectivity index (χ0v) is 25.6. The number of rotatable bonds is 3. The molecule has 0 unspecified atom stereocenters. The number of para-hydroxylation sites is 4. The quantitative estimate of drug-likeness (QED) is 0.192.